The minimum absolute atomic E-state index is 0.246. The smallest absolute Gasteiger partial charge is 0.187 e. The second-order valence-electron chi connectivity index (χ2n) is 10.5. The molecule has 34 heavy (non-hydrogen) atoms. The van der Waals surface area contributed by atoms with E-state index in [2.05, 4.69) is 0 Å². The molecule has 0 saturated carbocycles. The average molecular weight is 480 g/mol. The topological polar surface area (TPSA) is 99.9 Å². The van der Waals surface area contributed by atoms with E-state index in [-0.39, 0.29) is 30.5 Å². The number of fused-ring (bicyclic) bond motifs is 2. The monoisotopic (exact) mass is 479 g/mol. The average Bonchev–Trinajstić information content (AvgIpc) is 3.29. The first-order chi connectivity index (χ1) is 16.0. The zero-order valence-electron chi connectivity index (χ0n) is 20.7. The van der Waals surface area contributed by atoms with E-state index in [1.807, 2.05) is 71.9 Å². The van der Waals surface area contributed by atoms with Crippen LogP contribution < -0.4 is 5.73 Å². The van der Waals surface area contributed by atoms with Gasteiger partial charge in [0.25, 0.3) is 0 Å². The molecule has 4 saturated heterocycles. The number of rotatable bonds is 5. The van der Waals surface area contributed by atoms with Gasteiger partial charge in [-0.1, -0.05) is 30.3 Å². The molecule has 2 N–H and O–H groups in total. The van der Waals surface area contributed by atoms with E-state index in [4.69, 9.17) is 43.6 Å². The first-order valence-corrected chi connectivity index (χ1v) is 12.1. The normalized spacial score (nSPS) is 45.0. The molecule has 4 fully saturated rings. The van der Waals surface area contributed by atoms with Gasteiger partial charge in [-0.05, 0) is 47.1 Å². The van der Waals surface area contributed by atoms with Gasteiger partial charge in [-0.2, -0.15) is 0 Å². The standard InChI is InChI=1S/C25H37NO8/c1-13-17-19(33-24(3,4)31-17)16(26)22(28-13)30-21-20-18(32-25(5,6)34-20)14(2)29-23(21)27-12-15-10-8-7-9-11-15/h7-11,13-14,16-23H,12,26H2,1-6H3/t13-,14-,16-,17+,18+,19-,20+,21-,22-,23+/m0/s1. The number of hydrogen-bond donors (Lipinski definition) is 1. The lowest BCUT2D eigenvalue weighted by molar-refractivity contribution is -0.334. The van der Waals surface area contributed by atoms with Crippen LogP contribution in [0.1, 0.15) is 47.1 Å². The van der Waals surface area contributed by atoms with Crippen LogP contribution in [0.15, 0.2) is 30.3 Å². The lowest BCUT2D eigenvalue weighted by Crippen LogP contribution is -2.64. The van der Waals surface area contributed by atoms with E-state index < -0.39 is 42.4 Å². The van der Waals surface area contributed by atoms with Crippen LogP contribution in [0.25, 0.3) is 0 Å². The van der Waals surface area contributed by atoms with Crippen molar-refractivity contribution >= 4 is 0 Å². The van der Waals surface area contributed by atoms with E-state index in [0.717, 1.165) is 5.56 Å². The predicted molar refractivity (Wildman–Crippen MR) is 120 cm³/mol. The van der Waals surface area contributed by atoms with Crippen LogP contribution >= 0.6 is 0 Å². The zero-order valence-corrected chi connectivity index (χ0v) is 20.7. The molecule has 5 rings (SSSR count). The molecule has 9 nitrogen and oxygen atoms in total. The molecule has 0 aromatic heterocycles. The van der Waals surface area contributed by atoms with Gasteiger partial charge >= 0.3 is 0 Å². The highest BCUT2D eigenvalue weighted by Crippen LogP contribution is 2.42. The summed E-state index contributed by atoms with van der Waals surface area (Å²) in [4.78, 5) is 0. The third-order valence-electron chi connectivity index (χ3n) is 6.78. The Balaban J connectivity index is 1.36. The molecule has 4 aliphatic heterocycles. The molecular formula is C25H37NO8. The fourth-order valence-electron chi connectivity index (χ4n) is 5.27. The summed E-state index contributed by atoms with van der Waals surface area (Å²) in [5.41, 5.74) is 7.62. The molecule has 0 aliphatic carbocycles. The molecule has 0 spiro atoms. The first-order valence-electron chi connectivity index (χ1n) is 12.1. The maximum Gasteiger partial charge on any atom is 0.187 e. The van der Waals surface area contributed by atoms with Crippen molar-refractivity contribution in [3.05, 3.63) is 35.9 Å². The minimum atomic E-state index is -0.775. The highest BCUT2D eigenvalue weighted by Gasteiger charge is 2.58. The van der Waals surface area contributed by atoms with Crippen LogP contribution in [0.3, 0.4) is 0 Å². The molecule has 9 heteroatoms. The SMILES string of the molecule is C[C@@H]1O[C@@H](OCc2ccccc2)[C@@H](O[C@@H]2O[C@@H](C)[C@H]3OC(C)(C)O[C@H]3[C@@H]2N)[C@@H]2OC(C)(C)O[C@@H]21. The molecule has 0 unspecified atom stereocenters. The summed E-state index contributed by atoms with van der Waals surface area (Å²) in [5.74, 6) is -1.51. The molecule has 4 aliphatic rings. The number of ether oxygens (including phenoxy) is 8. The maximum atomic E-state index is 6.58. The predicted octanol–water partition coefficient (Wildman–Crippen LogP) is 2.45. The molecule has 190 valence electrons. The van der Waals surface area contributed by atoms with Crippen molar-refractivity contribution in [1.82, 2.24) is 0 Å². The van der Waals surface area contributed by atoms with Gasteiger partial charge in [-0.25, -0.2) is 0 Å². The van der Waals surface area contributed by atoms with Crippen molar-refractivity contribution < 1.29 is 37.9 Å². The number of hydrogen-bond acceptors (Lipinski definition) is 9. The van der Waals surface area contributed by atoms with Crippen LogP contribution in [0.4, 0.5) is 0 Å². The van der Waals surface area contributed by atoms with Crippen LogP contribution in [0, 0.1) is 0 Å². The Morgan fingerprint density at radius 1 is 0.765 bits per heavy atom. The summed E-state index contributed by atoms with van der Waals surface area (Å²) in [6.45, 7) is 11.8. The second kappa shape index (κ2) is 9.06. The fourth-order valence-corrected chi connectivity index (χ4v) is 5.27. The van der Waals surface area contributed by atoms with Crippen LogP contribution in [-0.4, -0.2) is 72.9 Å². The summed E-state index contributed by atoms with van der Waals surface area (Å²) < 4.78 is 49.7. The summed E-state index contributed by atoms with van der Waals surface area (Å²) >= 11 is 0. The Labute approximate surface area is 201 Å². The van der Waals surface area contributed by atoms with Crippen molar-refractivity contribution in [2.24, 2.45) is 5.73 Å². The van der Waals surface area contributed by atoms with E-state index >= 15 is 0 Å². The van der Waals surface area contributed by atoms with Crippen LogP contribution in [-0.2, 0) is 44.5 Å². The summed E-state index contributed by atoms with van der Waals surface area (Å²) in [5, 5.41) is 0. The van der Waals surface area contributed by atoms with Crippen molar-refractivity contribution in [2.45, 2.75) is 121 Å². The molecule has 1 aromatic carbocycles. The summed E-state index contributed by atoms with van der Waals surface area (Å²) in [6.07, 6.45) is -3.95. The number of nitrogens with two attached hydrogens (primary N) is 1. The summed E-state index contributed by atoms with van der Waals surface area (Å²) in [6, 6.07) is 9.36. The van der Waals surface area contributed by atoms with E-state index in [1.165, 1.54) is 0 Å². The molecule has 4 heterocycles. The quantitative estimate of drug-likeness (QED) is 0.683. The Bertz CT molecular complexity index is 851. The third kappa shape index (κ3) is 4.78. The van der Waals surface area contributed by atoms with Gasteiger partial charge in [0.2, 0.25) is 0 Å². The molecule has 0 amide bonds. The first kappa shape index (κ1) is 24.5. The van der Waals surface area contributed by atoms with E-state index in [1.54, 1.807) is 0 Å². The highest BCUT2D eigenvalue weighted by atomic mass is 16.8. The van der Waals surface area contributed by atoms with Gasteiger partial charge in [0.15, 0.2) is 24.2 Å². The van der Waals surface area contributed by atoms with E-state index in [0.29, 0.717) is 6.61 Å². The largest absolute Gasteiger partial charge is 0.345 e. The van der Waals surface area contributed by atoms with Gasteiger partial charge in [-0.15, -0.1) is 0 Å². The lowest BCUT2D eigenvalue weighted by atomic mass is 9.97. The third-order valence-corrected chi connectivity index (χ3v) is 6.78. The van der Waals surface area contributed by atoms with Crippen LogP contribution in [0.2, 0.25) is 0 Å². The highest BCUT2D eigenvalue weighted by molar-refractivity contribution is 5.13. The van der Waals surface area contributed by atoms with E-state index in [9.17, 15) is 0 Å². The Kier molecular flexibility index (Phi) is 6.54. The summed E-state index contributed by atoms with van der Waals surface area (Å²) in [7, 11) is 0. The van der Waals surface area contributed by atoms with Gasteiger partial charge in [0.05, 0.1) is 24.9 Å². The van der Waals surface area contributed by atoms with Gasteiger partial charge in [0.1, 0.15) is 30.5 Å². The Morgan fingerprint density at radius 2 is 1.29 bits per heavy atom. The van der Waals surface area contributed by atoms with Crippen molar-refractivity contribution in [3.63, 3.8) is 0 Å². The van der Waals surface area contributed by atoms with Gasteiger partial charge in [-0.3, -0.25) is 0 Å². The number of benzene rings is 1. The van der Waals surface area contributed by atoms with Crippen molar-refractivity contribution in [1.29, 1.82) is 0 Å². The van der Waals surface area contributed by atoms with Crippen LogP contribution in [0.5, 0.6) is 0 Å². The fraction of sp³-hybridized carbons (Fsp3) is 0.760. The molecular weight excluding hydrogens is 442 g/mol. The molecule has 10 atom stereocenters. The lowest BCUT2D eigenvalue weighted by Gasteiger charge is -2.45. The second-order valence-corrected chi connectivity index (χ2v) is 10.5. The molecule has 0 bridgehead atoms. The van der Waals surface area contributed by atoms with Crippen molar-refractivity contribution in [3.8, 4) is 0 Å². The van der Waals surface area contributed by atoms with Crippen molar-refractivity contribution in [2.75, 3.05) is 0 Å². The molecule has 0 radical (unpaired) electrons. The minimum Gasteiger partial charge on any atom is -0.345 e. The van der Waals surface area contributed by atoms with Gasteiger partial charge < -0.3 is 43.6 Å². The Morgan fingerprint density at radius 3 is 1.94 bits per heavy atom. The molecule has 1 aromatic rings. The maximum absolute atomic E-state index is 6.58. The Hall–Kier alpha value is -1.14. The zero-order chi connectivity index (χ0) is 24.3. The van der Waals surface area contributed by atoms with Gasteiger partial charge in [0, 0.05) is 0 Å².